The summed E-state index contributed by atoms with van der Waals surface area (Å²) in [6.07, 6.45) is 0. The Morgan fingerprint density at radius 2 is 1.73 bits per heavy atom. The average molecular weight is 315 g/mol. The highest BCUT2D eigenvalue weighted by atomic mass is 32.1. The van der Waals surface area contributed by atoms with Crippen molar-refractivity contribution in [2.45, 2.75) is 0 Å². The number of thiocarbonyl (C=S) groups is 1. The summed E-state index contributed by atoms with van der Waals surface area (Å²) in [6, 6.07) is 17.5. The molecule has 0 unspecified atom stereocenters. The quantitative estimate of drug-likeness (QED) is 0.594. The second-order valence-corrected chi connectivity index (χ2v) is 4.81. The number of rotatable bonds is 4. The molecule has 0 aliphatic rings. The number of hydrogen-bond donors (Lipinski definition) is 3. The number of ether oxygens (including phenoxy) is 1. The predicted octanol–water partition coefficient (Wildman–Crippen LogP) is 1.86. The summed E-state index contributed by atoms with van der Waals surface area (Å²) in [5.41, 5.74) is 6.98. The molecule has 0 spiro atoms. The van der Waals surface area contributed by atoms with Gasteiger partial charge in [0.15, 0.2) is 11.7 Å². The van der Waals surface area contributed by atoms with Gasteiger partial charge in [-0.1, -0.05) is 48.5 Å². The van der Waals surface area contributed by atoms with Crippen molar-refractivity contribution in [2.24, 2.45) is 0 Å². The van der Waals surface area contributed by atoms with E-state index in [-0.39, 0.29) is 12.5 Å². The molecule has 0 aliphatic carbocycles. The number of carbonyl (C=O) groups is 1. The molecule has 0 saturated heterocycles. The third kappa shape index (κ3) is 4.46. The molecule has 2 rings (SSSR count). The Labute approximate surface area is 134 Å². The van der Waals surface area contributed by atoms with Gasteiger partial charge in [0.05, 0.1) is 0 Å². The second kappa shape index (κ2) is 7.99. The Morgan fingerprint density at radius 3 is 2.45 bits per heavy atom. The molecule has 114 valence electrons. The summed E-state index contributed by atoms with van der Waals surface area (Å²) in [5, 5.41) is 3.02. The molecule has 0 saturated carbocycles. The fourth-order valence-corrected chi connectivity index (χ4v) is 1.87. The van der Waals surface area contributed by atoms with Crippen LogP contribution >= 0.6 is 12.2 Å². The molecule has 2 aromatic rings. The Morgan fingerprint density at radius 1 is 1.05 bits per heavy atom. The zero-order valence-electron chi connectivity index (χ0n) is 12.1. The predicted molar refractivity (Wildman–Crippen MR) is 90.3 cm³/mol. The van der Waals surface area contributed by atoms with Crippen LogP contribution in [0.1, 0.15) is 0 Å². The first-order valence-electron chi connectivity index (χ1n) is 6.74. The van der Waals surface area contributed by atoms with Crippen LogP contribution in [-0.4, -0.2) is 24.7 Å². The van der Waals surface area contributed by atoms with E-state index in [1.54, 1.807) is 7.05 Å². The van der Waals surface area contributed by atoms with Gasteiger partial charge in [-0.15, -0.1) is 0 Å². The van der Waals surface area contributed by atoms with E-state index >= 15 is 0 Å². The highest BCUT2D eigenvalue weighted by Crippen LogP contribution is 2.29. The first kappa shape index (κ1) is 15.8. The van der Waals surface area contributed by atoms with Crippen LogP contribution in [0.5, 0.6) is 5.75 Å². The Hall–Kier alpha value is -2.60. The largest absolute Gasteiger partial charge is 0.483 e. The normalized spacial score (nSPS) is 9.68. The van der Waals surface area contributed by atoms with E-state index < -0.39 is 0 Å². The molecule has 6 heteroatoms. The van der Waals surface area contributed by atoms with Gasteiger partial charge in [-0.25, -0.2) is 0 Å². The molecule has 1 amide bonds. The van der Waals surface area contributed by atoms with Gasteiger partial charge in [0.2, 0.25) is 0 Å². The summed E-state index contributed by atoms with van der Waals surface area (Å²) in [4.78, 5) is 11.7. The van der Waals surface area contributed by atoms with E-state index in [0.717, 1.165) is 11.1 Å². The zero-order valence-corrected chi connectivity index (χ0v) is 12.9. The third-order valence-electron chi connectivity index (χ3n) is 2.87. The maximum Gasteiger partial charge on any atom is 0.276 e. The lowest BCUT2D eigenvalue weighted by atomic mass is 10.1. The lowest BCUT2D eigenvalue weighted by Crippen LogP contribution is -2.47. The topological polar surface area (TPSA) is 62.4 Å². The molecule has 3 N–H and O–H groups in total. The van der Waals surface area contributed by atoms with Gasteiger partial charge in [0, 0.05) is 12.6 Å². The highest BCUT2D eigenvalue weighted by Gasteiger charge is 2.08. The van der Waals surface area contributed by atoms with E-state index in [4.69, 9.17) is 17.0 Å². The van der Waals surface area contributed by atoms with Gasteiger partial charge in [0.1, 0.15) is 5.75 Å². The van der Waals surface area contributed by atoms with Crippen LogP contribution in [0.4, 0.5) is 0 Å². The number of amides is 1. The smallest absolute Gasteiger partial charge is 0.276 e. The van der Waals surface area contributed by atoms with Crippen LogP contribution in [0.25, 0.3) is 11.1 Å². The first-order valence-corrected chi connectivity index (χ1v) is 7.15. The molecule has 0 aromatic heterocycles. The van der Waals surface area contributed by atoms with Crippen molar-refractivity contribution in [3.8, 4) is 16.9 Å². The van der Waals surface area contributed by atoms with Crippen LogP contribution in [0.15, 0.2) is 54.6 Å². The van der Waals surface area contributed by atoms with Crippen molar-refractivity contribution in [3.05, 3.63) is 54.6 Å². The van der Waals surface area contributed by atoms with Gasteiger partial charge in [-0.05, 0) is 23.8 Å². The molecule has 22 heavy (non-hydrogen) atoms. The minimum atomic E-state index is -0.319. The summed E-state index contributed by atoms with van der Waals surface area (Å²) in [5.74, 6) is 0.334. The van der Waals surface area contributed by atoms with E-state index in [2.05, 4.69) is 16.2 Å². The van der Waals surface area contributed by atoms with Crippen molar-refractivity contribution in [2.75, 3.05) is 13.7 Å². The zero-order chi connectivity index (χ0) is 15.8. The van der Waals surface area contributed by atoms with Crippen molar-refractivity contribution < 1.29 is 9.53 Å². The standard InChI is InChI=1S/C16H17N3O2S/c1-17-16(22)19-18-15(20)11-21-14-10-6-5-9-13(14)12-7-3-2-4-8-12/h2-10H,11H2,1H3,(H,18,20)(H2,17,19,22). The summed E-state index contributed by atoms with van der Waals surface area (Å²) >= 11 is 4.86. The van der Waals surface area contributed by atoms with Crippen LogP contribution in [0.2, 0.25) is 0 Å². The fourth-order valence-electron chi connectivity index (χ4n) is 1.82. The molecule has 0 fully saturated rings. The van der Waals surface area contributed by atoms with E-state index in [9.17, 15) is 4.79 Å². The Balaban J connectivity index is 1.99. The first-order chi connectivity index (χ1) is 10.7. The molecule has 0 radical (unpaired) electrons. The average Bonchev–Trinajstić information content (AvgIpc) is 2.58. The van der Waals surface area contributed by atoms with Crippen molar-refractivity contribution >= 4 is 23.2 Å². The Bertz CT molecular complexity index is 647. The molecule has 5 nitrogen and oxygen atoms in total. The second-order valence-electron chi connectivity index (χ2n) is 4.40. The molecular formula is C16H17N3O2S. The SMILES string of the molecule is CNC(=S)NNC(=O)COc1ccccc1-c1ccccc1. The summed E-state index contributed by atoms with van der Waals surface area (Å²) in [7, 11) is 1.66. The summed E-state index contributed by atoms with van der Waals surface area (Å²) < 4.78 is 5.60. The van der Waals surface area contributed by atoms with Crippen molar-refractivity contribution in [3.63, 3.8) is 0 Å². The summed E-state index contributed by atoms with van der Waals surface area (Å²) in [6.45, 7) is -0.108. The molecule has 2 aromatic carbocycles. The van der Waals surface area contributed by atoms with Crippen LogP contribution in [-0.2, 0) is 4.79 Å². The number of carbonyl (C=O) groups excluding carboxylic acids is 1. The lowest BCUT2D eigenvalue weighted by Gasteiger charge is -2.12. The van der Waals surface area contributed by atoms with E-state index in [1.807, 2.05) is 54.6 Å². The van der Waals surface area contributed by atoms with Crippen LogP contribution < -0.4 is 20.9 Å². The monoisotopic (exact) mass is 315 g/mol. The van der Waals surface area contributed by atoms with E-state index in [1.165, 1.54) is 0 Å². The van der Waals surface area contributed by atoms with Crippen molar-refractivity contribution in [1.82, 2.24) is 16.2 Å². The molecule has 0 aliphatic heterocycles. The minimum absolute atomic E-state index is 0.108. The number of nitrogens with one attached hydrogen (secondary N) is 3. The van der Waals surface area contributed by atoms with Gasteiger partial charge < -0.3 is 10.1 Å². The number of hydrogen-bond acceptors (Lipinski definition) is 3. The van der Waals surface area contributed by atoms with Crippen LogP contribution in [0, 0.1) is 0 Å². The highest BCUT2D eigenvalue weighted by molar-refractivity contribution is 7.80. The van der Waals surface area contributed by atoms with Gasteiger partial charge in [-0.3, -0.25) is 15.6 Å². The van der Waals surface area contributed by atoms with Gasteiger partial charge >= 0.3 is 0 Å². The Kier molecular flexibility index (Phi) is 5.73. The maximum atomic E-state index is 11.7. The molecule has 0 heterocycles. The fraction of sp³-hybridized carbons (Fsp3) is 0.125. The molecule has 0 bridgehead atoms. The number of hydrazine groups is 1. The molecular weight excluding hydrogens is 298 g/mol. The van der Waals surface area contributed by atoms with Gasteiger partial charge in [0.25, 0.3) is 5.91 Å². The minimum Gasteiger partial charge on any atom is -0.483 e. The number of benzene rings is 2. The van der Waals surface area contributed by atoms with Crippen molar-refractivity contribution in [1.29, 1.82) is 0 Å². The lowest BCUT2D eigenvalue weighted by molar-refractivity contribution is -0.123. The van der Waals surface area contributed by atoms with Crippen LogP contribution in [0.3, 0.4) is 0 Å². The van der Waals surface area contributed by atoms with E-state index in [0.29, 0.717) is 10.9 Å². The number of para-hydroxylation sites is 1. The molecule has 0 atom stereocenters. The maximum absolute atomic E-state index is 11.7. The van der Waals surface area contributed by atoms with Gasteiger partial charge in [-0.2, -0.15) is 0 Å². The third-order valence-corrected chi connectivity index (χ3v) is 3.18.